The van der Waals surface area contributed by atoms with E-state index in [4.69, 9.17) is 4.74 Å². The Labute approximate surface area is 72.0 Å². The number of ether oxygens (including phenoxy) is 2. The summed E-state index contributed by atoms with van der Waals surface area (Å²) in [6, 6.07) is 0. The Bertz CT molecular complexity index is 224. The highest BCUT2D eigenvalue weighted by atomic mass is 16.5. The van der Waals surface area contributed by atoms with E-state index < -0.39 is 5.97 Å². The highest BCUT2D eigenvalue weighted by Gasteiger charge is 2.19. The number of methoxy groups -OCH3 is 1. The first-order chi connectivity index (χ1) is 5.72. The van der Waals surface area contributed by atoms with Crippen LogP contribution in [0.3, 0.4) is 0 Å². The van der Waals surface area contributed by atoms with Gasteiger partial charge in [0.2, 0.25) is 0 Å². The molecular formula is C9H12O3. The Morgan fingerprint density at radius 1 is 1.67 bits per heavy atom. The van der Waals surface area contributed by atoms with Gasteiger partial charge in [0, 0.05) is 11.8 Å². The van der Waals surface area contributed by atoms with E-state index in [9.17, 15) is 4.79 Å². The molecule has 0 radical (unpaired) electrons. The van der Waals surface area contributed by atoms with E-state index in [-0.39, 0.29) is 12.0 Å². The van der Waals surface area contributed by atoms with Crippen molar-refractivity contribution in [3.63, 3.8) is 0 Å². The zero-order chi connectivity index (χ0) is 8.97. The Balaban J connectivity index is 2.39. The molecule has 1 rings (SSSR count). The second kappa shape index (κ2) is 4.13. The lowest BCUT2D eigenvalue weighted by Crippen LogP contribution is -1.99. The van der Waals surface area contributed by atoms with Gasteiger partial charge in [0.1, 0.15) is 0 Å². The summed E-state index contributed by atoms with van der Waals surface area (Å²) in [7, 11) is 1.32. The van der Waals surface area contributed by atoms with E-state index in [1.54, 1.807) is 0 Å². The van der Waals surface area contributed by atoms with Crippen molar-refractivity contribution < 1.29 is 14.3 Å². The molecule has 1 heterocycles. The molecule has 3 nitrogen and oxygen atoms in total. The minimum absolute atomic E-state index is 0.194. The Hall–Kier alpha value is -1.01. The van der Waals surface area contributed by atoms with Crippen molar-refractivity contribution in [1.82, 2.24) is 0 Å². The van der Waals surface area contributed by atoms with E-state index in [1.807, 2.05) is 6.92 Å². The van der Waals surface area contributed by atoms with Gasteiger partial charge in [-0.2, -0.15) is 0 Å². The number of rotatable bonds is 0. The first kappa shape index (κ1) is 9.08. The average molecular weight is 168 g/mol. The van der Waals surface area contributed by atoms with Crippen LogP contribution < -0.4 is 0 Å². The molecule has 1 aliphatic rings. The normalized spacial score (nSPS) is 27.5. The van der Waals surface area contributed by atoms with Crippen molar-refractivity contribution in [2.24, 2.45) is 5.92 Å². The van der Waals surface area contributed by atoms with Gasteiger partial charge in [0.15, 0.2) is 0 Å². The summed E-state index contributed by atoms with van der Waals surface area (Å²) in [4.78, 5) is 10.6. The predicted molar refractivity (Wildman–Crippen MR) is 43.3 cm³/mol. The highest BCUT2D eigenvalue weighted by molar-refractivity contribution is 5.88. The number of carbonyl (C=O) groups is 1. The lowest BCUT2D eigenvalue weighted by Gasteiger charge is -1.95. The maximum Gasteiger partial charge on any atom is 0.384 e. The molecule has 2 unspecified atom stereocenters. The monoisotopic (exact) mass is 168 g/mol. The fourth-order valence-electron chi connectivity index (χ4n) is 1.13. The van der Waals surface area contributed by atoms with Crippen molar-refractivity contribution in [1.29, 1.82) is 0 Å². The molecule has 3 heteroatoms. The summed E-state index contributed by atoms with van der Waals surface area (Å²) in [5.41, 5.74) is 0. The van der Waals surface area contributed by atoms with Gasteiger partial charge >= 0.3 is 5.97 Å². The molecule has 0 N–H and O–H groups in total. The van der Waals surface area contributed by atoms with Gasteiger partial charge in [-0.1, -0.05) is 5.92 Å². The Morgan fingerprint density at radius 2 is 2.42 bits per heavy atom. The van der Waals surface area contributed by atoms with Crippen molar-refractivity contribution in [3.05, 3.63) is 0 Å². The molecule has 0 aromatic heterocycles. The smallest absolute Gasteiger partial charge is 0.384 e. The van der Waals surface area contributed by atoms with Crippen LogP contribution in [0.15, 0.2) is 0 Å². The largest absolute Gasteiger partial charge is 0.459 e. The molecule has 66 valence electrons. The summed E-state index contributed by atoms with van der Waals surface area (Å²) < 4.78 is 9.66. The van der Waals surface area contributed by atoms with Gasteiger partial charge in [-0.15, -0.1) is 0 Å². The summed E-state index contributed by atoms with van der Waals surface area (Å²) >= 11 is 0. The number of hydrogen-bond acceptors (Lipinski definition) is 3. The fourth-order valence-corrected chi connectivity index (χ4v) is 1.13. The van der Waals surface area contributed by atoms with Crippen LogP contribution in [-0.4, -0.2) is 25.8 Å². The van der Waals surface area contributed by atoms with Gasteiger partial charge in [-0.25, -0.2) is 4.79 Å². The maximum atomic E-state index is 10.6. The fraction of sp³-hybridized carbons (Fsp3) is 0.667. The molecule has 0 aliphatic carbocycles. The standard InChI is InChI=1S/C9H12O3/c1-7-5-8(6-12-7)3-4-9(10)11-2/h7-8H,5-6H2,1-2H3. The SMILES string of the molecule is COC(=O)C#CC1COC(C)C1. The zero-order valence-corrected chi connectivity index (χ0v) is 7.29. The molecule has 0 aromatic rings. The number of hydrogen-bond donors (Lipinski definition) is 0. The van der Waals surface area contributed by atoms with Crippen LogP contribution in [0.25, 0.3) is 0 Å². The van der Waals surface area contributed by atoms with Crippen LogP contribution in [0, 0.1) is 17.8 Å². The highest BCUT2D eigenvalue weighted by Crippen LogP contribution is 2.17. The van der Waals surface area contributed by atoms with Crippen LogP contribution in [0.2, 0.25) is 0 Å². The third-order valence-corrected chi connectivity index (χ3v) is 1.76. The van der Waals surface area contributed by atoms with E-state index in [2.05, 4.69) is 16.6 Å². The van der Waals surface area contributed by atoms with Gasteiger partial charge in [0.25, 0.3) is 0 Å². The molecular weight excluding hydrogens is 156 g/mol. The second-order valence-corrected chi connectivity index (χ2v) is 2.84. The lowest BCUT2D eigenvalue weighted by atomic mass is 10.1. The quantitative estimate of drug-likeness (QED) is 0.301. The molecule has 0 bridgehead atoms. The van der Waals surface area contributed by atoms with Crippen LogP contribution >= 0.6 is 0 Å². The lowest BCUT2D eigenvalue weighted by molar-refractivity contribution is -0.133. The molecule has 2 atom stereocenters. The predicted octanol–water partition coefficient (Wildman–Crippen LogP) is 0.588. The summed E-state index contributed by atoms with van der Waals surface area (Å²) in [6.45, 7) is 2.63. The topological polar surface area (TPSA) is 35.5 Å². The maximum absolute atomic E-state index is 10.6. The minimum atomic E-state index is -0.477. The Kier molecular flexibility index (Phi) is 3.12. The molecule has 0 amide bonds. The zero-order valence-electron chi connectivity index (χ0n) is 7.29. The van der Waals surface area contributed by atoms with Crippen LogP contribution in [0.5, 0.6) is 0 Å². The molecule has 0 spiro atoms. The van der Waals surface area contributed by atoms with E-state index >= 15 is 0 Å². The number of esters is 1. The molecule has 1 saturated heterocycles. The van der Waals surface area contributed by atoms with Crippen molar-refractivity contribution >= 4 is 5.97 Å². The van der Waals surface area contributed by atoms with Crippen LogP contribution in [0.4, 0.5) is 0 Å². The first-order valence-corrected chi connectivity index (χ1v) is 3.93. The van der Waals surface area contributed by atoms with E-state index in [0.29, 0.717) is 6.61 Å². The van der Waals surface area contributed by atoms with Gasteiger partial charge < -0.3 is 9.47 Å². The third kappa shape index (κ3) is 2.55. The Morgan fingerprint density at radius 3 is 2.92 bits per heavy atom. The van der Waals surface area contributed by atoms with Crippen molar-refractivity contribution in [3.8, 4) is 11.8 Å². The van der Waals surface area contributed by atoms with Gasteiger partial charge in [-0.05, 0) is 13.3 Å². The third-order valence-electron chi connectivity index (χ3n) is 1.76. The first-order valence-electron chi connectivity index (χ1n) is 3.93. The van der Waals surface area contributed by atoms with E-state index in [0.717, 1.165) is 6.42 Å². The molecule has 12 heavy (non-hydrogen) atoms. The van der Waals surface area contributed by atoms with E-state index in [1.165, 1.54) is 7.11 Å². The molecule has 0 saturated carbocycles. The number of carbonyl (C=O) groups excluding carboxylic acids is 1. The van der Waals surface area contributed by atoms with Gasteiger partial charge in [0.05, 0.1) is 19.8 Å². The minimum Gasteiger partial charge on any atom is -0.459 e. The summed E-state index contributed by atoms with van der Waals surface area (Å²) in [5.74, 6) is 4.93. The summed E-state index contributed by atoms with van der Waals surface area (Å²) in [6.07, 6.45) is 1.17. The second-order valence-electron chi connectivity index (χ2n) is 2.84. The molecule has 1 aliphatic heterocycles. The average Bonchev–Trinajstić information content (AvgIpc) is 2.47. The van der Waals surface area contributed by atoms with Crippen LogP contribution in [-0.2, 0) is 14.3 Å². The van der Waals surface area contributed by atoms with Gasteiger partial charge in [-0.3, -0.25) is 0 Å². The van der Waals surface area contributed by atoms with Crippen molar-refractivity contribution in [2.45, 2.75) is 19.4 Å². The molecule has 1 fully saturated rings. The van der Waals surface area contributed by atoms with Crippen LogP contribution in [0.1, 0.15) is 13.3 Å². The van der Waals surface area contributed by atoms with Crippen molar-refractivity contribution in [2.75, 3.05) is 13.7 Å². The summed E-state index contributed by atoms with van der Waals surface area (Å²) in [5, 5.41) is 0. The molecule has 0 aromatic carbocycles.